The molecule has 0 amide bonds. The van der Waals surface area contributed by atoms with Crippen LogP contribution in [0.3, 0.4) is 0 Å². The lowest BCUT2D eigenvalue weighted by atomic mass is 9.81. The number of benzene rings is 1. The summed E-state index contributed by atoms with van der Waals surface area (Å²) in [6.45, 7) is 0. The molecule has 0 bridgehead atoms. The van der Waals surface area contributed by atoms with E-state index < -0.39 is 0 Å². The monoisotopic (exact) mass is 257 g/mol. The lowest BCUT2D eigenvalue weighted by Crippen LogP contribution is -2.23. The van der Waals surface area contributed by atoms with Crippen LogP contribution < -0.4 is 5.73 Å². The zero-order valence-corrected chi connectivity index (χ0v) is 10.6. The molecule has 1 aromatic carbocycles. The van der Waals surface area contributed by atoms with Crippen molar-refractivity contribution in [3.63, 3.8) is 0 Å². The standard InChI is InChI=1S/C13H19NO2.ClH/c14-12(9-5-2-1-3-6-9)10-7-4-8-11(15)13(10)16;/h4,7-9,12,15-16H,1-3,5-6,14H2;1H/t12-;/m1./s1. The van der Waals surface area contributed by atoms with Gasteiger partial charge in [-0.3, -0.25) is 0 Å². The Morgan fingerprint density at radius 3 is 2.41 bits per heavy atom. The van der Waals surface area contributed by atoms with Crippen molar-refractivity contribution < 1.29 is 10.2 Å². The molecule has 0 spiro atoms. The van der Waals surface area contributed by atoms with Crippen molar-refractivity contribution in [3.8, 4) is 11.5 Å². The Morgan fingerprint density at radius 1 is 1.12 bits per heavy atom. The van der Waals surface area contributed by atoms with Crippen molar-refractivity contribution in [1.82, 2.24) is 0 Å². The van der Waals surface area contributed by atoms with Crippen LogP contribution in [0.5, 0.6) is 11.5 Å². The van der Waals surface area contributed by atoms with Crippen LogP contribution in [0, 0.1) is 5.92 Å². The third-order valence-electron chi connectivity index (χ3n) is 3.56. The average molecular weight is 258 g/mol. The summed E-state index contributed by atoms with van der Waals surface area (Å²) in [5.74, 6) is 0.297. The summed E-state index contributed by atoms with van der Waals surface area (Å²) in [5, 5.41) is 19.2. The Kier molecular flexibility index (Phi) is 5.09. The first-order valence-corrected chi connectivity index (χ1v) is 5.96. The first kappa shape index (κ1) is 14.1. The second-order valence-electron chi connectivity index (χ2n) is 4.64. The van der Waals surface area contributed by atoms with E-state index in [0.717, 1.165) is 12.8 Å². The van der Waals surface area contributed by atoms with Crippen LogP contribution in [0.25, 0.3) is 0 Å². The fraction of sp³-hybridized carbons (Fsp3) is 0.538. The molecule has 0 aliphatic heterocycles. The van der Waals surface area contributed by atoms with Crippen LogP contribution in [0.2, 0.25) is 0 Å². The molecule has 1 aliphatic rings. The van der Waals surface area contributed by atoms with Gasteiger partial charge >= 0.3 is 0 Å². The maximum Gasteiger partial charge on any atom is 0.162 e. The molecule has 3 nitrogen and oxygen atoms in total. The Balaban J connectivity index is 0.00000144. The van der Waals surface area contributed by atoms with Gasteiger partial charge in [0.15, 0.2) is 11.5 Å². The van der Waals surface area contributed by atoms with Crippen molar-refractivity contribution in [2.24, 2.45) is 11.7 Å². The highest BCUT2D eigenvalue weighted by atomic mass is 35.5. The Morgan fingerprint density at radius 2 is 1.76 bits per heavy atom. The van der Waals surface area contributed by atoms with E-state index in [1.807, 2.05) is 0 Å². The minimum Gasteiger partial charge on any atom is -0.504 e. The van der Waals surface area contributed by atoms with Gasteiger partial charge in [-0.25, -0.2) is 0 Å². The number of halogens is 1. The average Bonchev–Trinajstić information content (AvgIpc) is 2.33. The molecule has 0 saturated heterocycles. The molecule has 0 aromatic heterocycles. The summed E-state index contributed by atoms with van der Waals surface area (Å²) in [6, 6.07) is 4.85. The molecular weight excluding hydrogens is 238 g/mol. The van der Waals surface area contributed by atoms with Crippen molar-refractivity contribution in [2.45, 2.75) is 38.1 Å². The zero-order chi connectivity index (χ0) is 11.5. The van der Waals surface area contributed by atoms with E-state index in [1.165, 1.54) is 25.3 Å². The first-order chi connectivity index (χ1) is 7.70. The summed E-state index contributed by atoms with van der Waals surface area (Å²) >= 11 is 0. The fourth-order valence-corrected chi connectivity index (χ4v) is 2.56. The van der Waals surface area contributed by atoms with Gasteiger partial charge < -0.3 is 15.9 Å². The molecular formula is C13H20ClNO2. The van der Waals surface area contributed by atoms with Crippen molar-refractivity contribution in [1.29, 1.82) is 0 Å². The quantitative estimate of drug-likeness (QED) is 0.714. The Labute approximate surface area is 108 Å². The topological polar surface area (TPSA) is 66.5 Å². The second-order valence-corrected chi connectivity index (χ2v) is 4.64. The first-order valence-electron chi connectivity index (χ1n) is 5.96. The van der Waals surface area contributed by atoms with Crippen LogP contribution in [0.4, 0.5) is 0 Å². The highest BCUT2D eigenvalue weighted by Crippen LogP contribution is 2.39. The van der Waals surface area contributed by atoms with Crippen molar-refractivity contribution >= 4 is 12.4 Å². The van der Waals surface area contributed by atoms with Crippen LogP contribution >= 0.6 is 12.4 Å². The smallest absolute Gasteiger partial charge is 0.162 e. The van der Waals surface area contributed by atoms with Crippen LogP contribution in [0.1, 0.15) is 43.7 Å². The summed E-state index contributed by atoms with van der Waals surface area (Å²) in [4.78, 5) is 0. The lowest BCUT2D eigenvalue weighted by molar-refractivity contribution is 0.300. The number of hydrogen-bond donors (Lipinski definition) is 3. The van der Waals surface area contributed by atoms with E-state index in [4.69, 9.17) is 5.73 Å². The van der Waals surface area contributed by atoms with Gasteiger partial charge in [0.25, 0.3) is 0 Å². The lowest BCUT2D eigenvalue weighted by Gasteiger charge is -2.28. The molecule has 4 heteroatoms. The number of phenols is 2. The Hall–Kier alpha value is -0.930. The minimum atomic E-state index is -0.160. The highest BCUT2D eigenvalue weighted by Gasteiger charge is 2.24. The number of hydrogen-bond acceptors (Lipinski definition) is 3. The van der Waals surface area contributed by atoms with Gasteiger partial charge in [-0.05, 0) is 24.8 Å². The molecule has 1 aliphatic carbocycles. The van der Waals surface area contributed by atoms with Gasteiger partial charge in [-0.15, -0.1) is 12.4 Å². The molecule has 1 aromatic rings. The largest absolute Gasteiger partial charge is 0.504 e. The maximum absolute atomic E-state index is 9.77. The third-order valence-corrected chi connectivity index (χ3v) is 3.56. The summed E-state index contributed by atoms with van der Waals surface area (Å²) in [6.07, 6.45) is 5.97. The Bertz CT molecular complexity index is 364. The molecule has 2 rings (SSSR count). The van der Waals surface area contributed by atoms with Crippen molar-refractivity contribution in [2.75, 3.05) is 0 Å². The van der Waals surface area contributed by atoms with E-state index in [0.29, 0.717) is 11.5 Å². The van der Waals surface area contributed by atoms with Gasteiger partial charge in [0.05, 0.1) is 0 Å². The number of nitrogens with two attached hydrogens (primary N) is 1. The van der Waals surface area contributed by atoms with Gasteiger partial charge in [-0.2, -0.15) is 0 Å². The molecule has 0 radical (unpaired) electrons. The second kappa shape index (κ2) is 6.12. The molecule has 1 saturated carbocycles. The highest BCUT2D eigenvalue weighted by molar-refractivity contribution is 5.85. The molecule has 4 N–H and O–H groups in total. The minimum absolute atomic E-state index is 0. The maximum atomic E-state index is 9.77. The number of aromatic hydroxyl groups is 2. The molecule has 96 valence electrons. The zero-order valence-electron chi connectivity index (χ0n) is 9.80. The van der Waals surface area contributed by atoms with Crippen molar-refractivity contribution in [3.05, 3.63) is 23.8 Å². The fourth-order valence-electron chi connectivity index (χ4n) is 2.56. The SMILES string of the molecule is Cl.N[C@@H](c1cccc(O)c1O)C1CCCCC1. The third kappa shape index (κ3) is 3.05. The van der Waals surface area contributed by atoms with Gasteiger partial charge in [-0.1, -0.05) is 31.4 Å². The van der Waals surface area contributed by atoms with Crippen LogP contribution in [-0.4, -0.2) is 10.2 Å². The molecule has 1 fully saturated rings. The normalized spacial score (nSPS) is 18.4. The van der Waals surface area contributed by atoms with E-state index in [1.54, 1.807) is 12.1 Å². The van der Waals surface area contributed by atoms with E-state index >= 15 is 0 Å². The number of phenolic OH excluding ortho intramolecular Hbond substituents is 2. The number of rotatable bonds is 2. The molecule has 0 heterocycles. The predicted octanol–water partition coefficient (Wildman–Crippen LogP) is 3.10. The summed E-state index contributed by atoms with van der Waals surface area (Å²) in [5.41, 5.74) is 6.84. The molecule has 17 heavy (non-hydrogen) atoms. The summed E-state index contributed by atoms with van der Waals surface area (Å²) < 4.78 is 0. The van der Waals surface area contributed by atoms with E-state index in [9.17, 15) is 10.2 Å². The molecule has 0 unspecified atom stereocenters. The predicted molar refractivity (Wildman–Crippen MR) is 70.5 cm³/mol. The van der Waals surface area contributed by atoms with Gasteiger partial charge in [0.1, 0.15) is 0 Å². The molecule has 1 atom stereocenters. The van der Waals surface area contributed by atoms with E-state index in [-0.39, 0.29) is 29.9 Å². The summed E-state index contributed by atoms with van der Waals surface area (Å²) in [7, 11) is 0. The number of para-hydroxylation sites is 1. The van der Waals surface area contributed by atoms with Gasteiger partial charge in [0.2, 0.25) is 0 Å². The van der Waals surface area contributed by atoms with Crippen LogP contribution in [-0.2, 0) is 0 Å². The van der Waals surface area contributed by atoms with Gasteiger partial charge in [0, 0.05) is 11.6 Å². The van der Waals surface area contributed by atoms with E-state index in [2.05, 4.69) is 0 Å². The van der Waals surface area contributed by atoms with Crippen LogP contribution in [0.15, 0.2) is 18.2 Å².